The Bertz CT molecular complexity index is 975. The van der Waals surface area contributed by atoms with Crippen LogP contribution in [0.25, 0.3) is 0 Å². The smallest absolute Gasteiger partial charge is 0.198 e. The lowest BCUT2D eigenvalue weighted by Gasteiger charge is -2.17. The van der Waals surface area contributed by atoms with E-state index < -0.39 is 9.84 Å². The zero-order valence-electron chi connectivity index (χ0n) is 17.1. The predicted molar refractivity (Wildman–Crippen MR) is 114 cm³/mol. The summed E-state index contributed by atoms with van der Waals surface area (Å²) in [6, 6.07) is 8.73. The van der Waals surface area contributed by atoms with Crippen molar-refractivity contribution in [2.24, 2.45) is 13.0 Å². The van der Waals surface area contributed by atoms with Gasteiger partial charge in [-0.3, -0.25) is 4.90 Å². The van der Waals surface area contributed by atoms with Crippen molar-refractivity contribution >= 4 is 22.1 Å². The van der Waals surface area contributed by atoms with E-state index in [0.717, 1.165) is 12.4 Å². The Morgan fingerprint density at radius 1 is 1.29 bits per heavy atom. The lowest BCUT2D eigenvalue weighted by molar-refractivity contribution is 0.243. The number of nitrogens with zero attached hydrogens (tertiary/aromatic N) is 4. The molecule has 0 amide bonds. The Balaban J connectivity index is 1.64. The normalized spacial score (nSPS) is 19.0. The summed E-state index contributed by atoms with van der Waals surface area (Å²) in [5, 5.41) is 4.68. The molecule has 1 saturated heterocycles. The van der Waals surface area contributed by atoms with Crippen molar-refractivity contribution in [2.45, 2.75) is 45.8 Å². The third kappa shape index (κ3) is 5.10. The molecule has 1 aromatic carbocycles. The zero-order valence-corrected chi connectivity index (χ0v) is 18.8. The summed E-state index contributed by atoms with van der Waals surface area (Å²) >= 11 is 5.55. The molecule has 2 aromatic rings. The van der Waals surface area contributed by atoms with Crippen LogP contribution in [0.2, 0.25) is 0 Å². The first kappa shape index (κ1) is 21.2. The Kier molecular flexibility index (Phi) is 6.41. The second-order valence-electron chi connectivity index (χ2n) is 8.28. The van der Waals surface area contributed by atoms with Crippen LogP contribution in [0.4, 0.5) is 0 Å². The molecule has 0 saturated carbocycles. The highest BCUT2D eigenvalue weighted by Crippen LogP contribution is 2.22. The van der Waals surface area contributed by atoms with E-state index in [-0.39, 0.29) is 11.7 Å². The molecule has 0 aliphatic carbocycles. The molecule has 0 unspecified atom stereocenters. The predicted octanol–water partition coefficient (Wildman–Crippen LogP) is 3.14. The topological polar surface area (TPSA) is 60.1 Å². The summed E-state index contributed by atoms with van der Waals surface area (Å²) in [5.74, 6) is 2.10. The standard InChI is InChI=1S/C20H30N4O2S2/c1-15(2)18-7-5-16(6-8-18)12-22(3)14-24-20(27)23(4)19(21-24)11-17-9-10-28(25,26)13-17/h5-8,15,17H,9-14H2,1-4H3/t17-/m1/s1. The molecule has 0 N–H and O–H groups in total. The van der Waals surface area contributed by atoms with Gasteiger partial charge in [0.2, 0.25) is 0 Å². The largest absolute Gasteiger partial charge is 0.307 e. The van der Waals surface area contributed by atoms with Crippen LogP contribution in [0, 0.1) is 10.7 Å². The van der Waals surface area contributed by atoms with Crippen LogP contribution in [-0.4, -0.2) is 46.2 Å². The van der Waals surface area contributed by atoms with Gasteiger partial charge in [0.25, 0.3) is 0 Å². The zero-order chi connectivity index (χ0) is 20.5. The monoisotopic (exact) mass is 422 g/mol. The minimum atomic E-state index is -2.87. The molecule has 3 rings (SSSR count). The van der Waals surface area contributed by atoms with Crippen molar-refractivity contribution in [3.05, 3.63) is 46.0 Å². The molecule has 1 aliphatic rings. The molecule has 0 bridgehead atoms. The Morgan fingerprint density at radius 2 is 1.96 bits per heavy atom. The highest BCUT2D eigenvalue weighted by molar-refractivity contribution is 7.91. The van der Waals surface area contributed by atoms with Gasteiger partial charge in [-0.15, -0.1) is 0 Å². The van der Waals surface area contributed by atoms with E-state index in [9.17, 15) is 8.42 Å². The number of sulfone groups is 1. The van der Waals surface area contributed by atoms with Crippen molar-refractivity contribution in [3.8, 4) is 0 Å². The van der Waals surface area contributed by atoms with Gasteiger partial charge < -0.3 is 4.57 Å². The highest BCUT2D eigenvalue weighted by atomic mass is 32.2. The summed E-state index contributed by atoms with van der Waals surface area (Å²) < 4.78 is 27.8. The SMILES string of the molecule is CC(C)c1ccc(CN(C)Cn2nc(C[C@H]3CCS(=O)(=O)C3)n(C)c2=S)cc1. The lowest BCUT2D eigenvalue weighted by atomic mass is 10.0. The summed E-state index contributed by atoms with van der Waals surface area (Å²) in [6.07, 6.45) is 1.38. The van der Waals surface area contributed by atoms with Gasteiger partial charge in [-0.05, 0) is 48.6 Å². The van der Waals surface area contributed by atoms with Crippen molar-refractivity contribution in [2.75, 3.05) is 18.6 Å². The van der Waals surface area contributed by atoms with Gasteiger partial charge in [0.1, 0.15) is 5.82 Å². The van der Waals surface area contributed by atoms with Crippen molar-refractivity contribution in [3.63, 3.8) is 0 Å². The van der Waals surface area contributed by atoms with Crippen molar-refractivity contribution < 1.29 is 8.42 Å². The summed E-state index contributed by atoms with van der Waals surface area (Å²) in [7, 11) is 1.09. The molecule has 1 atom stereocenters. The molecule has 154 valence electrons. The van der Waals surface area contributed by atoms with E-state index in [1.807, 2.05) is 16.3 Å². The number of hydrogen-bond donors (Lipinski definition) is 0. The molecule has 0 spiro atoms. The fraction of sp³-hybridized carbons (Fsp3) is 0.600. The quantitative estimate of drug-likeness (QED) is 0.642. The molecule has 6 nitrogen and oxygen atoms in total. The van der Waals surface area contributed by atoms with E-state index in [1.54, 1.807) is 0 Å². The Labute approximate surface area is 173 Å². The van der Waals surface area contributed by atoms with Crippen LogP contribution >= 0.6 is 12.2 Å². The van der Waals surface area contributed by atoms with Crippen molar-refractivity contribution in [1.82, 2.24) is 19.2 Å². The van der Waals surface area contributed by atoms with E-state index in [2.05, 4.69) is 55.2 Å². The maximum Gasteiger partial charge on any atom is 0.198 e. The summed E-state index contributed by atoms with van der Waals surface area (Å²) in [5.41, 5.74) is 2.60. The van der Waals surface area contributed by atoms with Crippen LogP contribution in [-0.2, 0) is 36.5 Å². The maximum absolute atomic E-state index is 11.7. The molecule has 2 heterocycles. The summed E-state index contributed by atoms with van der Waals surface area (Å²) in [6.45, 7) is 5.81. The molecule has 8 heteroatoms. The van der Waals surface area contributed by atoms with Gasteiger partial charge in [-0.1, -0.05) is 38.1 Å². The van der Waals surface area contributed by atoms with Crippen LogP contribution in [0.3, 0.4) is 0 Å². The van der Waals surface area contributed by atoms with Gasteiger partial charge in [0.05, 0.1) is 18.2 Å². The average molecular weight is 423 g/mol. The minimum absolute atomic E-state index is 0.145. The molecule has 1 aromatic heterocycles. The van der Waals surface area contributed by atoms with Crippen LogP contribution in [0.1, 0.15) is 43.1 Å². The number of rotatable bonds is 7. The molecule has 1 aliphatic heterocycles. The van der Waals surface area contributed by atoms with E-state index in [0.29, 0.717) is 36.0 Å². The van der Waals surface area contributed by atoms with Gasteiger partial charge in [-0.2, -0.15) is 5.10 Å². The van der Waals surface area contributed by atoms with Gasteiger partial charge >= 0.3 is 0 Å². The highest BCUT2D eigenvalue weighted by Gasteiger charge is 2.29. The second-order valence-corrected chi connectivity index (χ2v) is 10.9. The summed E-state index contributed by atoms with van der Waals surface area (Å²) in [4.78, 5) is 2.18. The molecule has 1 fully saturated rings. The van der Waals surface area contributed by atoms with E-state index in [4.69, 9.17) is 12.2 Å². The third-order valence-electron chi connectivity index (χ3n) is 5.40. The Morgan fingerprint density at radius 3 is 2.54 bits per heavy atom. The van der Waals surface area contributed by atoms with E-state index in [1.165, 1.54) is 11.1 Å². The minimum Gasteiger partial charge on any atom is -0.307 e. The number of aromatic nitrogens is 3. The number of hydrogen-bond acceptors (Lipinski definition) is 5. The van der Waals surface area contributed by atoms with Crippen LogP contribution < -0.4 is 0 Å². The molecular formula is C20H30N4O2S2. The lowest BCUT2D eigenvalue weighted by Crippen LogP contribution is -2.22. The van der Waals surface area contributed by atoms with Crippen LogP contribution in [0.15, 0.2) is 24.3 Å². The first-order valence-electron chi connectivity index (χ1n) is 9.75. The van der Waals surface area contributed by atoms with Crippen molar-refractivity contribution in [1.29, 1.82) is 0 Å². The number of benzene rings is 1. The third-order valence-corrected chi connectivity index (χ3v) is 7.72. The van der Waals surface area contributed by atoms with Crippen LogP contribution in [0.5, 0.6) is 0 Å². The second kappa shape index (κ2) is 8.47. The molecule has 0 radical (unpaired) electrons. The fourth-order valence-electron chi connectivity index (χ4n) is 3.69. The van der Waals surface area contributed by atoms with Gasteiger partial charge in [-0.25, -0.2) is 13.1 Å². The molecular weight excluding hydrogens is 392 g/mol. The first-order valence-corrected chi connectivity index (χ1v) is 12.0. The fourth-order valence-corrected chi connectivity index (χ4v) is 5.76. The Hall–Kier alpha value is -1.51. The van der Waals surface area contributed by atoms with Gasteiger partial charge in [0.15, 0.2) is 14.6 Å². The molecule has 28 heavy (non-hydrogen) atoms. The average Bonchev–Trinajstić information content (AvgIpc) is 3.09. The van der Waals surface area contributed by atoms with Gasteiger partial charge in [0, 0.05) is 20.0 Å². The first-order chi connectivity index (χ1) is 13.1. The maximum atomic E-state index is 11.7. The van der Waals surface area contributed by atoms with E-state index >= 15 is 0 Å².